The van der Waals surface area contributed by atoms with E-state index >= 15 is 0 Å². The van der Waals surface area contributed by atoms with Crippen LogP contribution < -0.4 is 14.8 Å². The highest BCUT2D eigenvalue weighted by atomic mass is 16.5. The number of rotatable bonds is 9. The Morgan fingerprint density at radius 3 is 2.43 bits per heavy atom. The highest BCUT2D eigenvalue weighted by Crippen LogP contribution is 2.17. The van der Waals surface area contributed by atoms with Gasteiger partial charge in [-0.2, -0.15) is 0 Å². The maximum absolute atomic E-state index is 5.69. The van der Waals surface area contributed by atoms with Gasteiger partial charge in [-0.05, 0) is 30.7 Å². The zero-order valence-electron chi connectivity index (χ0n) is 12.5. The second-order valence-electron chi connectivity index (χ2n) is 4.82. The molecule has 3 nitrogen and oxygen atoms in total. The molecule has 2 aromatic carbocycles. The van der Waals surface area contributed by atoms with Gasteiger partial charge in [0, 0.05) is 18.3 Å². The second-order valence-corrected chi connectivity index (χ2v) is 4.82. The molecule has 0 aromatic heterocycles. The first-order chi connectivity index (χ1) is 10.4. The van der Waals surface area contributed by atoms with Crippen LogP contribution in [0.1, 0.15) is 19.8 Å². The second kappa shape index (κ2) is 8.90. The lowest BCUT2D eigenvalue weighted by molar-refractivity contribution is 0.309. The molecule has 0 radical (unpaired) electrons. The Labute approximate surface area is 126 Å². The van der Waals surface area contributed by atoms with Crippen molar-refractivity contribution in [3.8, 4) is 11.5 Å². The fraction of sp³-hybridized carbons (Fsp3) is 0.333. The van der Waals surface area contributed by atoms with E-state index in [-0.39, 0.29) is 0 Å². The van der Waals surface area contributed by atoms with Gasteiger partial charge in [0.25, 0.3) is 0 Å². The van der Waals surface area contributed by atoms with Gasteiger partial charge in [-0.15, -0.1) is 0 Å². The number of benzene rings is 2. The minimum absolute atomic E-state index is 0.630. The molecule has 2 rings (SSSR count). The van der Waals surface area contributed by atoms with Crippen LogP contribution in [0.5, 0.6) is 11.5 Å². The van der Waals surface area contributed by atoms with Crippen molar-refractivity contribution in [3.63, 3.8) is 0 Å². The normalized spacial score (nSPS) is 10.1. The lowest BCUT2D eigenvalue weighted by Crippen LogP contribution is -2.11. The number of anilines is 1. The summed E-state index contributed by atoms with van der Waals surface area (Å²) in [5, 5.41) is 3.34. The Balaban J connectivity index is 1.71. The highest BCUT2D eigenvalue weighted by Gasteiger charge is 1.97. The third kappa shape index (κ3) is 5.78. The fourth-order valence-electron chi connectivity index (χ4n) is 1.91. The summed E-state index contributed by atoms with van der Waals surface area (Å²) in [5.41, 5.74) is 1.06. The van der Waals surface area contributed by atoms with Crippen molar-refractivity contribution in [2.24, 2.45) is 0 Å². The van der Waals surface area contributed by atoms with E-state index in [1.54, 1.807) is 0 Å². The molecule has 112 valence electrons. The minimum atomic E-state index is 0.630. The van der Waals surface area contributed by atoms with Crippen molar-refractivity contribution in [1.29, 1.82) is 0 Å². The molecule has 0 heterocycles. The molecule has 1 N–H and O–H groups in total. The van der Waals surface area contributed by atoms with Crippen molar-refractivity contribution in [2.75, 3.05) is 25.1 Å². The maximum Gasteiger partial charge on any atom is 0.121 e. The molecule has 0 aliphatic heterocycles. The van der Waals surface area contributed by atoms with E-state index in [1.165, 1.54) is 0 Å². The molecule has 3 heteroatoms. The minimum Gasteiger partial charge on any atom is -0.494 e. The molecular formula is C18H23NO2. The first kappa shape index (κ1) is 15.2. The van der Waals surface area contributed by atoms with Crippen LogP contribution >= 0.6 is 0 Å². The molecule has 0 fully saturated rings. The SMILES string of the molecule is CCCCOc1cccc(NCCOc2ccccc2)c1. The summed E-state index contributed by atoms with van der Waals surface area (Å²) in [4.78, 5) is 0. The van der Waals surface area contributed by atoms with Gasteiger partial charge in [-0.3, -0.25) is 0 Å². The predicted octanol–water partition coefficient (Wildman–Crippen LogP) is 4.36. The Morgan fingerprint density at radius 2 is 1.62 bits per heavy atom. The Morgan fingerprint density at radius 1 is 0.857 bits per heavy atom. The number of unbranched alkanes of at least 4 members (excludes halogenated alkanes) is 1. The number of hydrogen-bond acceptors (Lipinski definition) is 3. The highest BCUT2D eigenvalue weighted by molar-refractivity contribution is 5.48. The van der Waals surface area contributed by atoms with Gasteiger partial charge in [-0.1, -0.05) is 37.6 Å². The number of ether oxygens (including phenoxy) is 2. The molecule has 0 aliphatic carbocycles. The standard InChI is InChI=1S/C18H23NO2/c1-2-3-13-20-18-11-7-8-16(15-18)19-12-14-21-17-9-5-4-6-10-17/h4-11,15,19H,2-3,12-14H2,1H3. The number of hydrogen-bond donors (Lipinski definition) is 1. The first-order valence-corrected chi connectivity index (χ1v) is 7.53. The summed E-state index contributed by atoms with van der Waals surface area (Å²) in [6, 6.07) is 17.9. The van der Waals surface area contributed by atoms with Crippen LogP contribution in [0.4, 0.5) is 5.69 Å². The van der Waals surface area contributed by atoms with E-state index in [4.69, 9.17) is 9.47 Å². The zero-order valence-corrected chi connectivity index (χ0v) is 12.5. The van der Waals surface area contributed by atoms with Gasteiger partial charge < -0.3 is 14.8 Å². The van der Waals surface area contributed by atoms with Gasteiger partial charge in [0.05, 0.1) is 6.61 Å². The summed E-state index contributed by atoms with van der Waals surface area (Å²) < 4.78 is 11.3. The van der Waals surface area contributed by atoms with E-state index < -0.39 is 0 Å². The van der Waals surface area contributed by atoms with Crippen LogP contribution in [0, 0.1) is 0 Å². The number of nitrogens with one attached hydrogen (secondary N) is 1. The monoisotopic (exact) mass is 285 g/mol. The van der Waals surface area contributed by atoms with Crippen LogP contribution in [0.15, 0.2) is 54.6 Å². The van der Waals surface area contributed by atoms with E-state index in [1.807, 2.05) is 54.6 Å². The van der Waals surface area contributed by atoms with E-state index in [0.717, 1.165) is 43.2 Å². The average molecular weight is 285 g/mol. The van der Waals surface area contributed by atoms with E-state index in [0.29, 0.717) is 6.61 Å². The quantitative estimate of drug-likeness (QED) is 0.694. The molecular weight excluding hydrogens is 262 g/mol. The molecule has 0 saturated carbocycles. The van der Waals surface area contributed by atoms with Gasteiger partial charge in [-0.25, -0.2) is 0 Å². The Bertz CT molecular complexity index is 514. The third-order valence-corrected chi connectivity index (χ3v) is 3.04. The zero-order chi connectivity index (χ0) is 14.8. The summed E-state index contributed by atoms with van der Waals surface area (Å²) in [7, 11) is 0. The molecule has 0 bridgehead atoms. The van der Waals surface area contributed by atoms with Crippen molar-refractivity contribution < 1.29 is 9.47 Å². The molecule has 0 spiro atoms. The van der Waals surface area contributed by atoms with Gasteiger partial charge in [0.2, 0.25) is 0 Å². The van der Waals surface area contributed by atoms with Crippen molar-refractivity contribution in [2.45, 2.75) is 19.8 Å². The van der Waals surface area contributed by atoms with Crippen LogP contribution in [-0.4, -0.2) is 19.8 Å². The molecule has 0 atom stereocenters. The van der Waals surface area contributed by atoms with Gasteiger partial charge >= 0.3 is 0 Å². The Kier molecular flexibility index (Phi) is 6.46. The van der Waals surface area contributed by atoms with Gasteiger partial charge in [0.1, 0.15) is 18.1 Å². The van der Waals surface area contributed by atoms with Crippen LogP contribution in [0.25, 0.3) is 0 Å². The molecule has 2 aromatic rings. The predicted molar refractivity (Wildman–Crippen MR) is 87.3 cm³/mol. The van der Waals surface area contributed by atoms with E-state index in [9.17, 15) is 0 Å². The number of para-hydroxylation sites is 1. The molecule has 0 aliphatic rings. The van der Waals surface area contributed by atoms with Crippen LogP contribution in [0.2, 0.25) is 0 Å². The van der Waals surface area contributed by atoms with E-state index in [2.05, 4.69) is 12.2 Å². The average Bonchev–Trinajstić information content (AvgIpc) is 2.53. The molecule has 0 unspecified atom stereocenters. The lowest BCUT2D eigenvalue weighted by Gasteiger charge is -2.10. The first-order valence-electron chi connectivity index (χ1n) is 7.53. The Hall–Kier alpha value is -2.16. The maximum atomic E-state index is 5.69. The summed E-state index contributed by atoms with van der Waals surface area (Å²) in [5.74, 6) is 1.81. The van der Waals surface area contributed by atoms with Crippen molar-refractivity contribution in [1.82, 2.24) is 0 Å². The lowest BCUT2D eigenvalue weighted by atomic mass is 10.3. The topological polar surface area (TPSA) is 30.5 Å². The van der Waals surface area contributed by atoms with Crippen LogP contribution in [0.3, 0.4) is 0 Å². The van der Waals surface area contributed by atoms with Crippen molar-refractivity contribution in [3.05, 3.63) is 54.6 Å². The molecule has 21 heavy (non-hydrogen) atoms. The molecule has 0 saturated heterocycles. The largest absolute Gasteiger partial charge is 0.494 e. The third-order valence-electron chi connectivity index (χ3n) is 3.04. The summed E-state index contributed by atoms with van der Waals surface area (Å²) in [6.45, 7) is 4.32. The van der Waals surface area contributed by atoms with Gasteiger partial charge in [0.15, 0.2) is 0 Å². The smallest absolute Gasteiger partial charge is 0.121 e. The van der Waals surface area contributed by atoms with Crippen molar-refractivity contribution >= 4 is 5.69 Å². The molecule has 0 amide bonds. The summed E-state index contributed by atoms with van der Waals surface area (Å²) >= 11 is 0. The fourth-order valence-corrected chi connectivity index (χ4v) is 1.91. The summed E-state index contributed by atoms with van der Waals surface area (Å²) in [6.07, 6.45) is 2.23. The van der Waals surface area contributed by atoms with Crippen LogP contribution in [-0.2, 0) is 0 Å².